The molecule has 1 fully saturated rings. The first-order valence-corrected chi connectivity index (χ1v) is 8.35. The molecule has 1 amide bonds. The largest absolute Gasteiger partial charge is 0.496 e. The number of aliphatic hydroxyl groups excluding tert-OH is 1. The molecule has 0 bridgehead atoms. The number of likely N-dealkylation sites (tertiary alicyclic amines) is 1. The molecule has 5 nitrogen and oxygen atoms in total. The third kappa shape index (κ3) is 4.45. The number of piperidine rings is 1. The van der Waals surface area contributed by atoms with Gasteiger partial charge in [-0.15, -0.1) is 0 Å². The SMILES string of the molecule is COc1ccccc1C(C)NC(=O)C(C)N1CCC(CO)CC1. The Labute approximate surface area is 138 Å². The molecule has 0 saturated carbocycles. The highest BCUT2D eigenvalue weighted by atomic mass is 16.5. The Morgan fingerprint density at radius 3 is 2.61 bits per heavy atom. The third-order valence-corrected chi connectivity index (χ3v) is 4.80. The molecule has 1 aromatic rings. The van der Waals surface area contributed by atoms with E-state index in [2.05, 4.69) is 10.2 Å². The first kappa shape index (κ1) is 17.8. The zero-order chi connectivity index (χ0) is 16.8. The summed E-state index contributed by atoms with van der Waals surface area (Å²) in [5, 5.41) is 12.3. The summed E-state index contributed by atoms with van der Waals surface area (Å²) in [6, 6.07) is 7.49. The lowest BCUT2D eigenvalue weighted by molar-refractivity contribution is -0.127. The van der Waals surface area contributed by atoms with Crippen molar-refractivity contribution in [1.82, 2.24) is 10.2 Å². The topological polar surface area (TPSA) is 61.8 Å². The minimum absolute atomic E-state index is 0.0332. The van der Waals surface area contributed by atoms with Crippen molar-refractivity contribution in [2.75, 3.05) is 26.8 Å². The summed E-state index contributed by atoms with van der Waals surface area (Å²) in [6.45, 7) is 5.90. The second-order valence-electron chi connectivity index (χ2n) is 6.31. The fourth-order valence-electron chi connectivity index (χ4n) is 3.12. The van der Waals surface area contributed by atoms with Crippen LogP contribution in [0.25, 0.3) is 0 Å². The average molecular weight is 320 g/mol. The molecule has 0 aromatic heterocycles. The molecule has 0 spiro atoms. The zero-order valence-corrected chi connectivity index (χ0v) is 14.3. The minimum Gasteiger partial charge on any atom is -0.496 e. The van der Waals surface area contributed by atoms with E-state index in [0.29, 0.717) is 5.92 Å². The molecule has 2 atom stereocenters. The highest BCUT2D eigenvalue weighted by molar-refractivity contribution is 5.81. The van der Waals surface area contributed by atoms with E-state index in [1.807, 2.05) is 38.1 Å². The monoisotopic (exact) mass is 320 g/mol. The number of amides is 1. The van der Waals surface area contributed by atoms with Gasteiger partial charge in [0, 0.05) is 12.2 Å². The first-order chi connectivity index (χ1) is 11.1. The predicted molar refractivity (Wildman–Crippen MR) is 90.4 cm³/mol. The molecule has 5 heteroatoms. The number of carbonyl (C=O) groups is 1. The van der Waals surface area contributed by atoms with E-state index in [9.17, 15) is 9.90 Å². The van der Waals surface area contributed by atoms with E-state index < -0.39 is 0 Å². The van der Waals surface area contributed by atoms with Gasteiger partial charge in [-0.1, -0.05) is 18.2 Å². The second-order valence-corrected chi connectivity index (χ2v) is 6.31. The number of carbonyl (C=O) groups excluding carboxylic acids is 1. The maximum atomic E-state index is 12.5. The number of para-hydroxylation sites is 1. The quantitative estimate of drug-likeness (QED) is 0.841. The molecule has 1 aromatic carbocycles. The van der Waals surface area contributed by atoms with Gasteiger partial charge in [0.25, 0.3) is 0 Å². The van der Waals surface area contributed by atoms with Crippen LogP contribution < -0.4 is 10.1 Å². The van der Waals surface area contributed by atoms with Crippen molar-refractivity contribution >= 4 is 5.91 Å². The lowest BCUT2D eigenvalue weighted by Crippen LogP contribution is -2.49. The first-order valence-electron chi connectivity index (χ1n) is 8.35. The van der Waals surface area contributed by atoms with E-state index in [1.165, 1.54) is 0 Å². The van der Waals surface area contributed by atoms with Gasteiger partial charge in [-0.2, -0.15) is 0 Å². The van der Waals surface area contributed by atoms with E-state index in [1.54, 1.807) is 7.11 Å². The van der Waals surface area contributed by atoms with Crippen molar-refractivity contribution in [3.05, 3.63) is 29.8 Å². The Morgan fingerprint density at radius 2 is 2.00 bits per heavy atom. The van der Waals surface area contributed by atoms with Crippen LogP contribution in [0.15, 0.2) is 24.3 Å². The summed E-state index contributed by atoms with van der Waals surface area (Å²) in [5.41, 5.74) is 0.981. The van der Waals surface area contributed by atoms with Crippen LogP contribution in [0.1, 0.15) is 38.3 Å². The summed E-state index contributed by atoms with van der Waals surface area (Å²) in [5.74, 6) is 1.21. The zero-order valence-electron chi connectivity index (χ0n) is 14.3. The van der Waals surface area contributed by atoms with Crippen LogP contribution in [0.3, 0.4) is 0 Å². The number of nitrogens with zero attached hydrogens (tertiary/aromatic N) is 1. The average Bonchev–Trinajstić information content (AvgIpc) is 2.60. The van der Waals surface area contributed by atoms with Crippen LogP contribution >= 0.6 is 0 Å². The van der Waals surface area contributed by atoms with E-state index in [4.69, 9.17) is 4.74 Å². The molecule has 1 aliphatic rings. The molecule has 1 aliphatic heterocycles. The Kier molecular flexibility index (Phi) is 6.42. The summed E-state index contributed by atoms with van der Waals surface area (Å²) >= 11 is 0. The molecule has 1 heterocycles. The fraction of sp³-hybridized carbons (Fsp3) is 0.611. The van der Waals surface area contributed by atoms with Gasteiger partial charge in [0.1, 0.15) is 5.75 Å². The van der Waals surface area contributed by atoms with Gasteiger partial charge in [-0.3, -0.25) is 9.69 Å². The van der Waals surface area contributed by atoms with E-state index in [-0.39, 0.29) is 24.6 Å². The van der Waals surface area contributed by atoms with E-state index >= 15 is 0 Å². The van der Waals surface area contributed by atoms with Crippen molar-refractivity contribution < 1.29 is 14.6 Å². The van der Waals surface area contributed by atoms with Crippen molar-refractivity contribution in [3.8, 4) is 5.75 Å². The number of methoxy groups -OCH3 is 1. The molecule has 2 rings (SSSR count). The van der Waals surface area contributed by atoms with Crippen LogP contribution in [0.4, 0.5) is 0 Å². The number of hydrogen-bond acceptors (Lipinski definition) is 4. The highest BCUT2D eigenvalue weighted by Crippen LogP contribution is 2.25. The van der Waals surface area contributed by atoms with Gasteiger partial charge in [0.15, 0.2) is 0 Å². The van der Waals surface area contributed by atoms with Gasteiger partial charge in [0.2, 0.25) is 5.91 Å². The molecule has 0 aliphatic carbocycles. The molecule has 2 unspecified atom stereocenters. The van der Waals surface area contributed by atoms with Gasteiger partial charge in [0.05, 0.1) is 19.2 Å². The second kappa shape index (κ2) is 8.31. The van der Waals surface area contributed by atoms with Gasteiger partial charge in [-0.25, -0.2) is 0 Å². The van der Waals surface area contributed by atoms with Crippen LogP contribution in [-0.4, -0.2) is 48.8 Å². The normalized spacial score (nSPS) is 19.1. The summed E-state index contributed by atoms with van der Waals surface area (Å²) in [4.78, 5) is 14.7. The number of aliphatic hydroxyl groups is 1. The maximum absolute atomic E-state index is 12.5. The minimum atomic E-state index is -0.160. The molecule has 2 N–H and O–H groups in total. The molecular formula is C18H28N2O3. The van der Waals surface area contributed by atoms with Crippen LogP contribution in [0.2, 0.25) is 0 Å². The summed E-state index contributed by atoms with van der Waals surface area (Å²) in [7, 11) is 1.64. The number of hydrogen-bond donors (Lipinski definition) is 2. The number of benzene rings is 1. The highest BCUT2D eigenvalue weighted by Gasteiger charge is 2.27. The van der Waals surface area contributed by atoms with Gasteiger partial charge < -0.3 is 15.2 Å². The van der Waals surface area contributed by atoms with Crippen LogP contribution in [-0.2, 0) is 4.79 Å². The maximum Gasteiger partial charge on any atom is 0.237 e. The fourth-order valence-corrected chi connectivity index (χ4v) is 3.12. The van der Waals surface area contributed by atoms with Gasteiger partial charge >= 0.3 is 0 Å². The molecule has 23 heavy (non-hydrogen) atoms. The smallest absolute Gasteiger partial charge is 0.237 e. The number of ether oxygens (including phenoxy) is 1. The molecular weight excluding hydrogens is 292 g/mol. The van der Waals surface area contributed by atoms with Crippen LogP contribution in [0, 0.1) is 5.92 Å². The molecule has 1 saturated heterocycles. The van der Waals surface area contributed by atoms with Crippen molar-refractivity contribution in [2.45, 2.75) is 38.8 Å². The Morgan fingerprint density at radius 1 is 1.35 bits per heavy atom. The molecule has 0 radical (unpaired) electrons. The Balaban J connectivity index is 1.93. The Hall–Kier alpha value is -1.59. The predicted octanol–water partition coefficient (Wildman–Crippen LogP) is 1.97. The van der Waals surface area contributed by atoms with Crippen molar-refractivity contribution in [2.24, 2.45) is 5.92 Å². The van der Waals surface area contributed by atoms with E-state index in [0.717, 1.165) is 37.2 Å². The Bertz CT molecular complexity index is 513. The summed E-state index contributed by atoms with van der Waals surface area (Å²) < 4.78 is 5.36. The lowest BCUT2D eigenvalue weighted by Gasteiger charge is -2.35. The number of nitrogens with one attached hydrogen (secondary N) is 1. The number of rotatable bonds is 6. The standard InChI is InChI=1S/C18H28N2O3/c1-13(16-6-4-5-7-17(16)23-3)19-18(22)14(2)20-10-8-15(12-21)9-11-20/h4-7,13-15,21H,8-12H2,1-3H3,(H,19,22). The molecule has 128 valence electrons. The third-order valence-electron chi connectivity index (χ3n) is 4.80. The van der Waals surface area contributed by atoms with Gasteiger partial charge in [-0.05, 0) is 51.8 Å². The van der Waals surface area contributed by atoms with Crippen molar-refractivity contribution in [3.63, 3.8) is 0 Å². The van der Waals surface area contributed by atoms with Crippen LogP contribution in [0.5, 0.6) is 5.75 Å². The van der Waals surface area contributed by atoms with Crippen molar-refractivity contribution in [1.29, 1.82) is 0 Å². The lowest BCUT2D eigenvalue weighted by atomic mass is 9.96. The summed E-state index contributed by atoms with van der Waals surface area (Å²) in [6.07, 6.45) is 1.91.